The zero-order valence-corrected chi connectivity index (χ0v) is 17.2. The SMILES string of the molecule is CC(C)[C@H](N)C(=O)NCC(=O)N(Cc1ccc(Cl)c(Cl)c1)C(C)C.Cl. The van der Waals surface area contributed by atoms with Crippen LogP contribution in [0.3, 0.4) is 0 Å². The number of nitrogens with zero attached hydrogens (tertiary/aromatic N) is 1. The lowest BCUT2D eigenvalue weighted by atomic mass is 10.1. The van der Waals surface area contributed by atoms with Crippen LogP contribution < -0.4 is 11.1 Å². The fourth-order valence-corrected chi connectivity index (χ4v) is 2.40. The highest BCUT2D eigenvalue weighted by atomic mass is 35.5. The van der Waals surface area contributed by atoms with Crippen molar-refractivity contribution in [3.05, 3.63) is 33.8 Å². The first-order chi connectivity index (χ1) is 11.1. The summed E-state index contributed by atoms with van der Waals surface area (Å²) in [5.41, 5.74) is 6.64. The number of halogens is 3. The van der Waals surface area contributed by atoms with Gasteiger partial charge in [-0.15, -0.1) is 12.4 Å². The molecule has 0 aliphatic rings. The molecular formula is C17H26Cl3N3O2. The summed E-state index contributed by atoms with van der Waals surface area (Å²) in [4.78, 5) is 26.0. The van der Waals surface area contributed by atoms with Crippen LogP contribution in [0.25, 0.3) is 0 Å². The number of nitrogens with two attached hydrogens (primary N) is 1. The Morgan fingerprint density at radius 3 is 2.24 bits per heavy atom. The van der Waals surface area contributed by atoms with Gasteiger partial charge in [0.2, 0.25) is 11.8 Å². The third-order valence-corrected chi connectivity index (χ3v) is 4.45. The second-order valence-electron chi connectivity index (χ2n) is 6.35. The lowest BCUT2D eigenvalue weighted by molar-refractivity contribution is -0.135. The van der Waals surface area contributed by atoms with E-state index in [2.05, 4.69) is 5.32 Å². The number of amides is 2. The molecular weight excluding hydrogens is 385 g/mol. The van der Waals surface area contributed by atoms with Crippen molar-refractivity contribution in [1.82, 2.24) is 10.2 Å². The number of rotatable bonds is 7. The molecule has 0 spiro atoms. The molecule has 0 heterocycles. The van der Waals surface area contributed by atoms with Crippen molar-refractivity contribution in [2.45, 2.75) is 46.3 Å². The quantitative estimate of drug-likeness (QED) is 0.724. The Morgan fingerprint density at radius 1 is 1.16 bits per heavy atom. The van der Waals surface area contributed by atoms with Crippen LogP contribution in [-0.4, -0.2) is 35.3 Å². The van der Waals surface area contributed by atoms with E-state index in [9.17, 15) is 9.59 Å². The van der Waals surface area contributed by atoms with Crippen LogP contribution >= 0.6 is 35.6 Å². The summed E-state index contributed by atoms with van der Waals surface area (Å²) >= 11 is 11.9. The van der Waals surface area contributed by atoms with Gasteiger partial charge in [-0.3, -0.25) is 9.59 Å². The van der Waals surface area contributed by atoms with Crippen molar-refractivity contribution >= 4 is 47.4 Å². The molecule has 2 amide bonds. The molecule has 0 aliphatic carbocycles. The molecule has 3 N–H and O–H groups in total. The first-order valence-electron chi connectivity index (χ1n) is 7.90. The van der Waals surface area contributed by atoms with E-state index < -0.39 is 6.04 Å². The second-order valence-corrected chi connectivity index (χ2v) is 7.17. The molecule has 8 heteroatoms. The number of benzene rings is 1. The molecule has 0 saturated carbocycles. The third kappa shape index (κ3) is 7.40. The summed E-state index contributed by atoms with van der Waals surface area (Å²) in [5, 5.41) is 3.52. The normalized spacial score (nSPS) is 11.9. The molecule has 5 nitrogen and oxygen atoms in total. The van der Waals surface area contributed by atoms with Crippen molar-refractivity contribution < 1.29 is 9.59 Å². The maximum atomic E-state index is 12.4. The van der Waals surface area contributed by atoms with Gasteiger partial charge in [0.15, 0.2) is 0 Å². The molecule has 0 aliphatic heterocycles. The minimum absolute atomic E-state index is 0. The highest BCUT2D eigenvalue weighted by molar-refractivity contribution is 6.42. The number of hydrogen-bond donors (Lipinski definition) is 2. The minimum atomic E-state index is -0.625. The predicted octanol–water partition coefficient (Wildman–Crippen LogP) is 3.25. The molecule has 0 fully saturated rings. The van der Waals surface area contributed by atoms with E-state index in [-0.39, 0.29) is 42.7 Å². The van der Waals surface area contributed by atoms with Gasteiger partial charge in [0, 0.05) is 12.6 Å². The molecule has 0 bridgehead atoms. The zero-order valence-electron chi connectivity index (χ0n) is 14.9. The molecule has 25 heavy (non-hydrogen) atoms. The van der Waals surface area contributed by atoms with Gasteiger partial charge in [-0.1, -0.05) is 43.1 Å². The van der Waals surface area contributed by atoms with Gasteiger partial charge in [0.1, 0.15) is 0 Å². The number of carbonyl (C=O) groups excluding carboxylic acids is 2. The maximum Gasteiger partial charge on any atom is 0.242 e. The highest BCUT2D eigenvalue weighted by Gasteiger charge is 2.21. The van der Waals surface area contributed by atoms with Gasteiger partial charge in [-0.05, 0) is 37.5 Å². The van der Waals surface area contributed by atoms with Crippen LogP contribution in [0.4, 0.5) is 0 Å². The van der Waals surface area contributed by atoms with Gasteiger partial charge < -0.3 is 16.0 Å². The first-order valence-corrected chi connectivity index (χ1v) is 8.65. The molecule has 0 radical (unpaired) electrons. The fourth-order valence-electron chi connectivity index (χ4n) is 2.08. The van der Waals surface area contributed by atoms with Crippen LogP contribution in [0.5, 0.6) is 0 Å². The minimum Gasteiger partial charge on any atom is -0.346 e. The molecule has 1 aromatic carbocycles. The lowest BCUT2D eigenvalue weighted by Crippen LogP contribution is -2.48. The van der Waals surface area contributed by atoms with E-state index >= 15 is 0 Å². The van der Waals surface area contributed by atoms with Crippen molar-refractivity contribution in [3.63, 3.8) is 0 Å². The summed E-state index contributed by atoms with van der Waals surface area (Å²) in [6, 6.07) is 4.61. The first kappa shape index (κ1) is 24.0. The van der Waals surface area contributed by atoms with Crippen LogP contribution in [0, 0.1) is 5.92 Å². The lowest BCUT2D eigenvalue weighted by Gasteiger charge is -2.27. The molecule has 1 atom stereocenters. The molecule has 0 unspecified atom stereocenters. The van der Waals surface area contributed by atoms with Gasteiger partial charge in [0.05, 0.1) is 22.6 Å². The zero-order chi connectivity index (χ0) is 18.4. The average molecular weight is 411 g/mol. The summed E-state index contributed by atoms with van der Waals surface area (Å²) in [5.74, 6) is -0.491. The van der Waals surface area contributed by atoms with Crippen LogP contribution in [0.15, 0.2) is 18.2 Å². The number of carbonyl (C=O) groups is 2. The number of hydrogen-bond acceptors (Lipinski definition) is 3. The molecule has 1 aromatic rings. The average Bonchev–Trinajstić information content (AvgIpc) is 2.51. The summed E-state index contributed by atoms with van der Waals surface area (Å²) in [6.07, 6.45) is 0. The maximum absolute atomic E-state index is 12.4. The smallest absolute Gasteiger partial charge is 0.242 e. The molecule has 0 aromatic heterocycles. The topological polar surface area (TPSA) is 75.4 Å². The fraction of sp³-hybridized carbons (Fsp3) is 0.529. The second kappa shape index (κ2) is 10.9. The van der Waals surface area contributed by atoms with Gasteiger partial charge >= 0.3 is 0 Å². The number of nitrogens with one attached hydrogen (secondary N) is 1. The Hall–Kier alpha value is -1.01. The summed E-state index contributed by atoms with van der Waals surface area (Å²) in [7, 11) is 0. The van der Waals surface area contributed by atoms with Gasteiger partial charge in [-0.2, -0.15) is 0 Å². The highest BCUT2D eigenvalue weighted by Crippen LogP contribution is 2.23. The van der Waals surface area contributed by atoms with Crippen molar-refractivity contribution in [3.8, 4) is 0 Å². The van der Waals surface area contributed by atoms with Gasteiger partial charge in [-0.25, -0.2) is 0 Å². The van der Waals surface area contributed by atoms with E-state index in [1.165, 1.54) is 0 Å². The Bertz CT molecular complexity index is 595. The van der Waals surface area contributed by atoms with Crippen LogP contribution in [-0.2, 0) is 16.1 Å². The Balaban J connectivity index is 0.00000576. The van der Waals surface area contributed by atoms with Crippen molar-refractivity contribution in [1.29, 1.82) is 0 Å². The largest absolute Gasteiger partial charge is 0.346 e. The van der Waals surface area contributed by atoms with E-state index in [0.29, 0.717) is 16.6 Å². The molecule has 0 saturated heterocycles. The van der Waals surface area contributed by atoms with E-state index in [1.54, 1.807) is 17.0 Å². The van der Waals surface area contributed by atoms with Crippen molar-refractivity contribution in [2.24, 2.45) is 11.7 Å². The third-order valence-electron chi connectivity index (χ3n) is 3.72. The molecule has 142 valence electrons. The predicted molar refractivity (Wildman–Crippen MR) is 105 cm³/mol. The van der Waals surface area contributed by atoms with Crippen molar-refractivity contribution in [2.75, 3.05) is 6.54 Å². The van der Waals surface area contributed by atoms with E-state index in [1.807, 2.05) is 33.8 Å². The standard InChI is InChI=1S/C17H25Cl2N3O2.ClH/c1-10(2)16(20)17(24)21-8-15(23)22(11(3)4)9-12-5-6-13(18)14(19)7-12;/h5-7,10-11,16H,8-9,20H2,1-4H3,(H,21,24);1H/t16-;/m0./s1. The van der Waals surface area contributed by atoms with E-state index in [0.717, 1.165) is 5.56 Å². The summed E-state index contributed by atoms with van der Waals surface area (Å²) < 4.78 is 0. The Labute approximate surface area is 165 Å². The Kier molecular flexibility index (Phi) is 10.4. The Morgan fingerprint density at radius 2 is 1.76 bits per heavy atom. The van der Waals surface area contributed by atoms with Crippen LogP contribution in [0.1, 0.15) is 33.3 Å². The molecule has 1 rings (SSSR count). The summed E-state index contributed by atoms with van der Waals surface area (Å²) in [6.45, 7) is 7.85. The van der Waals surface area contributed by atoms with Gasteiger partial charge in [0.25, 0.3) is 0 Å². The van der Waals surface area contributed by atoms with Crippen LogP contribution in [0.2, 0.25) is 10.0 Å². The van der Waals surface area contributed by atoms with E-state index in [4.69, 9.17) is 28.9 Å². The monoisotopic (exact) mass is 409 g/mol.